The molecule has 52 valence electrons. The fourth-order valence-electron chi connectivity index (χ4n) is 0.189. The van der Waals surface area contributed by atoms with Gasteiger partial charge in [0.25, 0.3) is 0 Å². The maximum atomic E-state index is 10.6. The molecule has 0 aliphatic carbocycles. The van der Waals surface area contributed by atoms with Crippen LogP contribution in [-0.2, 0) is 28.6 Å². The first kappa shape index (κ1) is 8.45. The van der Waals surface area contributed by atoms with Crippen molar-refractivity contribution < 1.29 is 12.6 Å². The number of rotatable bonds is 4. The van der Waals surface area contributed by atoms with E-state index in [4.69, 9.17) is 0 Å². The molecule has 0 aromatic carbocycles. The fraction of sp³-hybridized carbons (Fsp3) is 0. The third-order valence-electron chi connectivity index (χ3n) is 0.372. The summed E-state index contributed by atoms with van der Waals surface area (Å²) >= 11 is 4.28. The largest absolute Gasteiger partial charge is 0.382 e. The Kier molecular flexibility index (Phi) is 3.26. The van der Waals surface area contributed by atoms with Crippen molar-refractivity contribution in [2.75, 3.05) is 0 Å². The maximum absolute atomic E-state index is 10.6. The van der Waals surface area contributed by atoms with Crippen LogP contribution < -0.4 is 0 Å². The van der Waals surface area contributed by atoms with Gasteiger partial charge in [-0.2, -0.15) is 4.21 Å². The fourth-order valence-corrected chi connectivity index (χ4v) is 0.901. The van der Waals surface area contributed by atoms with Crippen LogP contribution in [0.5, 0.6) is 0 Å². The van der Waals surface area contributed by atoms with Gasteiger partial charge in [0.05, 0.1) is 11.2 Å². The monoisotopic (exact) mass is 166 g/mol. The van der Waals surface area contributed by atoms with E-state index in [1.165, 1.54) is 0 Å². The molecule has 9 heavy (non-hydrogen) atoms. The normalized spacial score (nSPS) is 9.78. The van der Waals surface area contributed by atoms with Gasteiger partial charge in [0.2, 0.25) is 0 Å². The van der Waals surface area contributed by atoms with Crippen LogP contribution in [0, 0.1) is 0 Å². The topological polar surface area (TPSA) is 35.5 Å². The van der Waals surface area contributed by atoms with Crippen molar-refractivity contribution in [3.05, 3.63) is 25.7 Å². The van der Waals surface area contributed by atoms with E-state index in [2.05, 4.69) is 32.7 Å². The predicted octanol–water partition coefficient (Wildman–Crippen LogP) is 0.883. The molecular formula is C4H6O3S2. The predicted molar refractivity (Wildman–Crippen MR) is 38.1 cm³/mol. The molecule has 0 radical (unpaired) electrons. The van der Waals surface area contributed by atoms with E-state index >= 15 is 0 Å². The molecule has 0 rings (SSSR count). The molecule has 0 fully saturated rings. The van der Waals surface area contributed by atoms with Crippen molar-refractivity contribution in [2.45, 2.75) is 0 Å². The second kappa shape index (κ2) is 3.47. The summed E-state index contributed by atoms with van der Waals surface area (Å²) in [6.45, 7) is 6.29. The summed E-state index contributed by atoms with van der Waals surface area (Å²) in [6.07, 6.45) is 1.91. The van der Waals surface area contributed by atoms with Gasteiger partial charge in [-0.15, -0.1) is 0 Å². The molecule has 5 heteroatoms. The molecule has 0 spiro atoms. The molecule has 3 nitrogen and oxygen atoms in total. The average Bonchev–Trinajstić information content (AvgIpc) is 1.64. The third-order valence-corrected chi connectivity index (χ3v) is 1.59. The summed E-state index contributed by atoms with van der Waals surface area (Å²) in [7, 11) is -3.08. The summed E-state index contributed by atoms with van der Waals surface area (Å²) < 4.78 is 19.2. The van der Waals surface area contributed by atoms with E-state index in [1.807, 2.05) is 0 Å². The molecular weight excluding hydrogens is 160 g/mol. The van der Waals surface area contributed by atoms with Gasteiger partial charge in [-0.25, -0.2) is 0 Å². The molecule has 0 aromatic rings. The zero-order chi connectivity index (χ0) is 7.33. The molecule has 0 saturated heterocycles. The van der Waals surface area contributed by atoms with Crippen LogP contribution in [-0.4, -0.2) is 4.21 Å². The summed E-state index contributed by atoms with van der Waals surface area (Å²) in [6, 6.07) is 0. The summed E-state index contributed by atoms with van der Waals surface area (Å²) in [4.78, 5) is 0. The maximum Gasteiger partial charge on any atom is 0.360 e. The van der Waals surface area contributed by atoms with Gasteiger partial charge in [-0.1, -0.05) is 13.2 Å². The summed E-state index contributed by atoms with van der Waals surface area (Å²) in [5, 5.41) is 0. The Morgan fingerprint density at radius 2 is 1.67 bits per heavy atom. The van der Waals surface area contributed by atoms with Gasteiger partial charge in [0.1, 0.15) is 12.5 Å². The summed E-state index contributed by atoms with van der Waals surface area (Å²) in [5.74, 6) is 0. The second-order valence-electron chi connectivity index (χ2n) is 0.934. The molecule has 0 heterocycles. The highest BCUT2D eigenvalue weighted by atomic mass is 32.9. The highest BCUT2D eigenvalue weighted by Gasteiger charge is 1.99. The Hall–Kier alpha value is -0.550. The van der Waals surface area contributed by atoms with Gasteiger partial charge in [0, 0.05) is 0 Å². The van der Waals surface area contributed by atoms with Crippen molar-refractivity contribution in [3.8, 4) is 0 Å². The smallest absolute Gasteiger partial charge is 0.360 e. The Morgan fingerprint density at radius 1 is 1.33 bits per heavy atom. The first-order valence-corrected chi connectivity index (χ1v) is 4.29. The Bertz CT molecular complexity index is 176. The minimum atomic E-state index is -3.08. The van der Waals surface area contributed by atoms with Crippen LogP contribution in [0.2, 0.25) is 0 Å². The zero-order valence-corrected chi connectivity index (χ0v) is 6.24. The van der Waals surface area contributed by atoms with Crippen LogP contribution in [0.25, 0.3) is 0 Å². The second-order valence-corrected chi connectivity index (χ2v) is 3.36. The SMILES string of the molecule is C=COS(=O)(=S)OC=C. The lowest BCUT2D eigenvalue weighted by atomic mass is 11.2. The Morgan fingerprint density at radius 3 is 1.89 bits per heavy atom. The molecule has 0 saturated carbocycles. The molecule has 0 N–H and O–H groups in total. The molecule has 0 aliphatic heterocycles. The standard InChI is InChI=1S/C4H6O3S2/c1-3-6-9(5,8)7-4-2/h3-4H,1-2H2. The Labute approximate surface area is 59.1 Å². The van der Waals surface area contributed by atoms with Crippen LogP contribution in [0.15, 0.2) is 25.7 Å². The highest BCUT2D eigenvalue weighted by Crippen LogP contribution is 1.95. The number of hydrogen-bond donors (Lipinski definition) is 0. The van der Waals surface area contributed by atoms with Crippen molar-refractivity contribution in [3.63, 3.8) is 0 Å². The molecule has 0 aromatic heterocycles. The molecule has 0 atom stereocenters. The van der Waals surface area contributed by atoms with Gasteiger partial charge in [-0.3, -0.25) is 0 Å². The van der Waals surface area contributed by atoms with Gasteiger partial charge in [-0.05, 0) is 0 Å². The van der Waals surface area contributed by atoms with Crippen molar-refractivity contribution >= 4 is 20.2 Å². The lowest BCUT2D eigenvalue weighted by molar-refractivity contribution is 0.392. The quantitative estimate of drug-likeness (QED) is 0.581. The Balaban J connectivity index is 4.03. The van der Waals surface area contributed by atoms with Gasteiger partial charge >= 0.3 is 9.05 Å². The van der Waals surface area contributed by atoms with Crippen LogP contribution in [0.1, 0.15) is 0 Å². The van der Waals surface area contributed by atoms with Crippen LogP contribution in [0.3, 0.4) is 0 Å². The van der Waals surface area contributed by atoms with E-state index in [0.29, 0.717) is 0 Å². The van der Waals surface area contributed by atoms with Crippen LogP contribution in [0.4, 0.5) is 0 Å². The van der Waals surface area contributed by atoms with E-state index in [9.17, 15) is 4.21 Å². The minimum absolute atomic E-state index is 0.957. The zero-order valence-electron chi connectivity index (χ0n) is 4.61. The van der Waals surface area contributed by atoms with E-state index in [-0.39, 0.29) is 0 Å². The molecule has 0 amide bonds. The summed E-state index contributed by atoms with van der Waals surface area (Å²) in [5.41, 5.74) is 0. The molecule has 0 aliphatic rings. The third kappa shape index (κ3) is 3.99. The average molecular weight is 166 g/mol. The molecule has 0 unspecified atom stereocenters. The lowest BCUT2D eigenvalue weighted by Gasteiger charge is -2.00. The number of hydrogen-bond acceptors (Lipinski definition) is 4. The van der Waals surface area contributed by atoms with Crippen molar-refractivity contribution in [1.82, 2.24) is 0 Å². The molecule has 0 bridgehead atoms. The van der Waals surface area contributed by atoms with Crippen LogP contribution >= 0.6 is 0 Å². The van der Waals surface area contributed by atoms with E-state index in [0.717, 1.165) is 12.5 Å². The van der Waals surface area contributed by atoms with Gasteiger partial charge in [0.15, 0.2) is 0 Å². The lowest BCUT2D eigenvalue weighted by Crippen LogP contribution is -1.99. The van der Waals surface area contributed by atoms with Gasteiger partial charge < -0.3 is 8.37 Å². The van der Waals surface area contributed by atoms with Crippen molar-refractivity contribution in [1.29, 1.82) is 0 Å². The van der Waals surface area contributed by atoms with E-state index in [1.54, 1.807) is 0 Å². The minimum Gasteiger partial charge on any atom is -0.382 e. The van der Waals surface area contributed by atoms with Crippen molar-refractivity contribution in [2.24, 2.45) is 0 Å². The highest BCUT2D eigenvalue weighted by molar-refractivity contribution is 8.27. The van der Waals surface area contributed by atoms with E-state index < -0.39 is 9.05 Å². The first-order valence-electron chi connectivity index (χ1n) is 1.95. The first-order chi connectivity index (χ1) is 4.12.